The van der Waals surface area contributed by atoms with Crippen LogP contribution in [-0.2, 0) is 20.6 Å². The predicted molar refractivity (Wildman–Crippen MR) is 186 cm³/mol. The molecule has 0 heterocycles. The van der Waals surface area contributed by atoms with Crippen molar-refractivity contribution in [3.63, 3.8) is 0 Å². The SMILES string of the molecule is COC(=O)c1cc(CCCNC(=O)OC(C)(C)C)c(C(=O)OC)c(-c2ccc(-c3ccc4ccc5cccc6ccc3c4c56)cc2)c1. The van der Waals surface area contributed by atoms with Crippen LogP contribution in [0.3, 0.4) is 0 Å². The Morgan fingerprint density at radius 2 is 1.28 bits per heavy atom. The third-order valence-corrected chi connectivity index (χ3v) is 8.36. The summed E-state index contributed by atoms with van der Waals surface area (Å²) in [5, 5.41) is 10.0. The molecule has 6 rings (SSSR count). The number of benzene rings is 6. The number of hydrogen-bond donors (Lipinski definition) is 1. The van der Waals surface area contributed by atoms with Crippen LogP contribution in [0.1, 0.15) is 53.5 Å². The Bertz CT molecular complexity index is 2110. The molecular formula is C40H37NO6. The summed E-state index contributed by atoms with van der Waals surface area (Å²) in [6, 6.07) is 30.7. The zero-order chi connectivity index (χ0) is 33.3. The van der Waals surface area contributed by atoms with Crippen molar-refractivity contribution in [2.45, 2.75) is 39.2 Å². The molecule has 6 aromatic rings. The van der Waals surface area contributed by atoms with Crippen LogP contribution in [0.25, 0.3) is 54.6 Å². The van der Waals surface area contributed by atoms with E-state index in [1.807, 2.05) is 24.3 Å². The zero-order valence-electron chi connectivity index (χ0n) is 27.2. The minimum atomic E-state index is -0.610. The average Bonchev–Trinajstić information content (AvgIpc) is 3.07. The van der Waals surface area contributed by atoms with Gasteiger partial charge in [-0.2, -0.15) is 0 Å². The smallest absolute Gasteiger partial charge is 0.407 e. The summed E-state index contributed by atoms with van der Waals surface area (Å²) >= 11 is 0. The van der Waals surface area contributed by atoms with Crippen molar-refractivity contribution in [3.8, 4) is 22.3 Å². The maximum Gasteiger partial charge on any atom is 0.407 e. The lowest BCUT2D eigenvalue weighted by Gasteiger charge is -2.20. The largest absolute Gasteiger partial charge is 0.465 e. The Balaban J connectivity index is 1.37. The zero-order valence-corrected chi connectivity index (χ0v) is 27.2. The number of carbonyl (C=O) groups is 3. The van der Waals surface area contributed by atoms with E-state index in [0.29, 0.717) is 41.6 Å². The van der Waals surface area contributed by atoms with Gasteiger partial charge in [0.2, 0.25) is 0 Å². The molecule has 7 nitrogen and oxygen atoms in total. The van der Waals surface area contributed by atoms with Crippen molar-refractivity contribution in [2.75, 3.05) is 20.8 Å². The van der Waals surface area contributed by atoms with Gasteiger partial charge in [-0.3, -0.25) is 0 Å². The number of hydrogen-bond acceptors (Lipinski definition) is 6. The summed E-state index contributed by atoms with van der Waals surface area (Å²) in [6.07, 6.45) is 0.388. The second kappa shape index (κ2) is 12.8. The Labute approximate surface area is 273 Å². The molecule has 0 fully saturated rings. The van der Waals surface area contributed by atoms with Crippen LogP contribution in [0.5, 0.6) is 0 Å². The lowest BCUT2D eigenvalue weighted by atomic mass is 9.88. The second-order valence-corrected chi connectivity index (χ2v) is 12.6. The first-order valence-electron chi connectivity index (χ1n) is 15.7. The molecule has 0 aliphatic carbocycles. The van der Waals surface area contributed by atoms with Crippen molar-refractivity contribution in [3.05, 3.63) is 108 Å². The number of esters is 2. The van der Waals surface area contributed by atoms with Gasteiger partial charge in [-0.15, -0.1) is 0 Å². The highest BCUT2D eigenvalue weighted by Crippen LogP contribution is 2.40. The molecule has 0 radical (unpaired) electrons. The van der Waals surface area contributed by atoms with Gasteiger partial charge in [0.15, 0.2) is 0 Å². The molecule has 238 valence electrons. The molecule has 0 unspecified atom stereocenters. The van der Waals surface area contributed by atoms with Crippen molar-refractivity contribution in [1.29, 1.82) is 0 Å². The fourth-order valence-electron chi connectivity index (χ4n) is 6.31. The number of nitrogens with one attached hydrogen (secondary N) is 1. The van der Waals surface area contributed by atoms with Gasteiger partial charge in [0.05, 0.1) is 25.3 Å². The Morgan fingerprint density at radius 1 is 0.681 bits per heavy atom. The molecule has 47 heavy (non-hydrogen) atoms. The highest BCUT2D eigenvalue weighted by atomic mass is 16.6. The second-order valence-electron chi connectivity index (χ2n) is 12.6. The minimum absolute atomic E-state index is 0.320. The van der Waals surface area contributed by atoms with E-state index in [1.165, 1.54) is 46.5 Å². The van der Waals surface area contributed by atoms with Gasteiger partial charge >= 0.3 is 18.0 Å². The summed E-state index contributed by atoms with van der Waals surface area (Å²) < 4.78 is 15.6. The number of rotatable bonds is 8. The highest BCUT2D eigenvalue weighted by molar-refractivity contribution is 6.25. The fraction of sp³-hybridized carbons (Fsp3) is 0.225. The highest BCUT2D eigenvalue weighted by Gasteiger charge is 2.23. The summed E-state index contributed by atoms with van der Waals surface area (Å²) in [7, 11) is 2.66. The molecule has 6 aromatic carbocycles. The summed E-state index contributed by atoms with van der Waals surface area (Å²) in [5.41, 5.74) is 4.16. The van der Waals surface area contributed by atoms with Gasteiger partial charge in [-0.1, -0.05) is 78.9 Å². The number of aryl methyl sites for hydroxylation is 1. The fourth-order valence-corrected chi connectivity index (χ4v) is 6.31. The van der Waals surface area contributed by atoms with Crippen molar-refractivity contribution in [2.24, 2.45) is 0 Å². The number of amides is 1. The standard InChI is InChI=1S/C40H37NO6/c1-40(2,3)47-39(44)41-21-7-10-29-22-30(37(42)45-4)23-33(36(29)38(43)46-5)25-13-11-24(12-14-25)31-19-17-28-16-15-26-8-6-9-27-18-20-32(31)35(28)34(26)27/h6,8-9,11-20,22-23H,7,10,21H2,1-5H3,(H,41,44). The number of ether oxygens (including phenoxy) is 3. The van der Waals surface area contributed by atoms with E-state index in [2.05, 4.69) is 59.9 Å². The molecule has 0 atom stereocenters. The van der Waals surface area contributed by atoms with Gasteiger partial charge in [0, 0.05) is 6.54 Å². The normalized spacial score (nSPS) is 11.6. The predicted octanol–water partition coefficient (Wildman–Crippen LogP) is 8.95. The molecule has 0 aliphatic rings. The van der Waals surface area contributed by atoms with E-state index in [1.54, 1.807) is 32.9 Å². The molecule has 0 bridgehead atoms. The van der Waals surface area contributed by atoms with E-state index < -0.39 is 23.6 Å². The number of alkyl carbamates (subject to hydrolysis) is 1. The summed E-state index contributed by atoms with van der Waals surface area (Å²) in [6.45, 7) is 5.72. The lowest BCUT2D eigenvalue weighted by molar-refractivity contribution is 0.0524. The van der Waals surface area contributed by atoms with Crippen molar-refractivity contribution in [1.82, 2.24) is 5.32 Å². The first-order chi connectivity index (χ1) is 22.6. The minimum Gasteiger partial charge on any atom is -0.465 e. The molecule has 0 aliphatic heterocycles. The molecule has 0 saturated carbocycles. The molecule has 0 aromatic heterocycles. The number of methoxy groups -OCH3 is 2. The first kappa shape index (κ1) is 31.5. The molecule has 0 spiro atoms. The molecule has 7 heteroatoms. The lowest BCUT2D eigenvalue weighted by Crippen LogP contribution is -2.33. The van der Waals surface area contributed by atoms with Crippen LogP contribution < -0.4 is 5.32 Å². The molecule has 1 amide bonds. The van der Waals surface area contributed by atoms with E-state index in [0.717, 1.165) is 16.7 Å². The van der Waals surface area contributed by atoms with Gasteiger partial charge in [0.1, 0.15) is 5.60 Å². The van der Waals surface area contributed by atoms with Crippen LogP contribution >= 0.6 is 0 Å². The van der Waals surface area contributed by atoms with Gasteiger partial charge in [0.25, 0.3) is 0 Å². The van der Waals surface area contributed by atoms with Crippen LogP contribution in [0.15, 0.2) is 91.0 Å². The van der Waals surface area contributed by atoms with Gasteiger partial charge in [-0.25, -0.2) is 14.4 Å². The molecule has 0 saturated heterocycles. The third kappa shape index (κ3) is 6.34. The van der Waals surface area contributed by atoms with E-state index >= 15 is 0 Å². The topological polar surface area (TPSA) is 90.9 Å². The average molecular weight is 628 g/mol. The van der Waals surface area contributed by atoms with E-state index in [-0.39, 0.29) is 0 Å². The van der Waals surface area contributed by atoms with Gasteiger partial charge in [-0.05, 0) is 106 Å². The van der Waals surface area contributed by atoms with E-state index in [4.69, 9.17) is 14.2 Å². The van der Waals surface area contributed by atoms with Gasteiger partial charge < -0.3 is 19.5 Å². The summed E-state index contributed by atoms with van der Waals surface area (Å²) in [4.78, 5) is 38.1. The summed E-state index contributed by atoms with van der Waals surface area (Å²) in [5.74, 6) is -1.02. The van der Waals surface area contributed by atoms with E-state index in [9.17, 15) is 14.4 Å². The maximum absolute atomic E-state index is 13.2. The number of carbonyl (C=O) groups excluding carboxylic acids is 3. The molecular weight excluding hydrogens is 590 g/mol. The van der Waals surface area contributed by atoms with Crippen molar-refractivity contribution < 1.29 is 28.6 Å². The maximum atomic E-state index is 13.2. The molecule has 1 N–H and O–H groups in total. The monoisotopic (exact) mass is 627 g/mol. The Kier molecular flexibility index (Phi) is 8.56. The van der Waals surface area contributed by atoms with Crippen LogP contribution in [0.2, 0.25) is 0 Å². The quantitative estimate of drug-likeness (QED) is 0.0784. The van der Waals surface area contributed by atoms with Crippen LogP contribution in [-0.4, -0.2) is 44.4 Å². The Morgan fingerprint density at radius 3 is 1.91 bits per heavy atom. The first-order valence-corrected chi connectivity index (χ1v) is 15.7. The third-order valence-electron chi connectivity index (χ3n) is 8.36. The van der Waals surface area contributed by atoms with Crippen molar-refractivity contribution >= 4 is 50.3 Å². The Hall–Kier alpha value is -5.43. The van der Waals surface area contributed by atoms with Crippen LogP contribution in [0.4, 0.5) is 4.79 Å². The van der Waals surface area contributed by atoms with Crippen LogP contribution in [0, 0.1) is 0 Å².